The zero-order valence-electron chi connectivity index (χ0n) is 12.7. The highest BCUT2D eigenvalue weighted by Gasteiger charge is 2.19. The molecule has 2 unspecified atom stereocenters. The normalized spacial score (nSPS) is 14.7. The van der Waals surface area contributed by atoms with Gasteiger partial charge in [-0.2, -0.15) is 5.10 Å². The van der Waals surface area contributed by atoms with Gasteiger partial charge in [0.25, 0.3) is 0 Å². The van der Waals surface area contributed by atoms with Gasteiger partial charge < -0.3 is 5.32 Å². The van der Waals surface area contributed by atoms with Crippen molar-refractivity contribution in [1.82, 2.24) is 15.1 Å². The first-order valence-corrected chi connectivity index (χ1v) is 7.29. The van der Waals surface area contributed by atoms with Gasteiger partial charge >= 0.3 is 0 Å². The summed E-state index contributed by atoms with van der Waals surface area (Å²) < 4.78 is 2.02. The summed E-state index contributed by atoms with van der Waals surface area (Å²) >= 11 is 0. The van der Waals surface area contributed by atoms with Gasteiger partial charge in [-0.1, -0.05) is 33.1 Å². The molecule has 1 aromatic rings. The third kappa shape index (κ3) is 4.13. The highest BCUT2D eigenvalue weighted by Crippen LogP contribution is 2.20. The van der Waals surface area contributed by atoms with Gasteiger partial charge in [-0.25, -0.2) is 0 Å². The fourth-order valence-electron chi connectivity index (χ4n) is 2.74. The van der Waals surface area contributed by atoms with Gasteiger partial charge in [0.05, 0.1) is 5.69 Å². The van der Waals surface area contributed by atoms with Crippen molar-refractivity contribution >= 4 is 0 Å². The molecule has 0 bridgehead atoms. The van der Waals surface area contributed by atoms with Crippen molar-refractivity contribution in [3.05, 3.63) is 17.5 Å². The molecule has 1 rings (SSSR count). The highest BCUT2D eigenvalue weighted by atomic mass is 15.3. The Labute approximate surface area is 112 Å². The van der Waals surface area contributed by atoms with Crippen LogP contribution in [0.1, 0.15) is 50.9 Å². The number of nitrogens with one attached hydrogen (secondary N) is 1. The number of hydrogen-bond donors (Lipinski definition) is 1. The first-order chi connectivity index (χ1) is 8.62. The van der Waals surface area contributed by atoms with Crippen LogP contribution in [-0.2, 0) is 13.5 Å². The third-order valence-electron chi connectivity index (χ3n) is 3.92. The number of unbranched alkanes of at least 4 members (excludes halogenated alkanes) is 1. The van der Waals surface area contributed by atoms with Crippen molar-refractivity contribution in [1.29, 1.82) is 0 Å². The summed E-state index contributed by atoms with van der Waals surface area (Å²) in [6.07, 6.45) is 6.28. The van der Waals surface area contributed by atoms with E-state index in [9.17, 15) is 0 Å². The zero-order valence-corrected chi connectivity index (χ0v) is 12.7. The molecule has 0 spiro atoms. The molecule has 0 aliphatic heterocycles. The number of aryl methyl sites for hydroxylation is 2. The van der Waals surface area contributed by atoms with E-state index in [0.29, 0.717) is 6.04 Å². The monoisotopic (exact) mass is 251 g/mol. The van der Waals surface area contributed by atoms with Gasteiger partial charge in [0.15, 0.2) is 0 Å². The summed E-state index contributed by atoms with van der Waals surface area (Å²) in [4.78, 5) is 0. The molecule has 0 aromatic carbocycles. The van der Waals surface area contributed by atoms with Crippen LogP contribution in [0.4, 0.5) is 0 Å². The zero-order chi connectivity index (χ0) is 13.5. The third-order valence-corrected chi connectivity index (χ3v) is 3.92. The number of rotatable bonds is 8. The molecule has 1 N–H and O–H groups in total. The van der Waals surface area contributed by atoms with Crippen LogP contribution in [0.2, 0.25) is 0 Å². The molecular formula is C15H29N3. The van der Waals surface area contributed by atoms with E-state index in [2.05, 4.69) is 44.3 Å². The fourth-order valence-corrected chi connectivity index (χ4v) is 2.74. The summed E-state index contributed by atoms with van der Waals surface area (Å²) in [6, 6.07) is 2.77. The van der Waals surface area contributed by atoms with Gasteiger partial charge in [-0.05, 0) is 32.4 Å². The molecule has 2 atom stereocenters. The van der Waals surface area contributed by atoms with E-state index in [0.717, 1.165) is 18.0 Å². The first-order valence-electron chi connectivity index (χ1n) is 7.29. The molecule has 0 radical (unpaired) electrons. The van der Waals surface area contributed by atoms with Crippen molar-refractivity contribution in [3.8, 4) is 0 Å². The molecule has 0 saturated heterocycles. The number of likely N-dealkylation sites (N-methyl/N-ethyl adjacent to an activating group) is 1. The van der Waals surface area contributed by atoms with E-state index in [1.165, 1.54) is 31.4 Å². The van der Waals surface area contributed by atoms with Crippen LogP contribution in [-0.4, -0.2) is 22.9 Å². The van der Waals surface area contributed by atoms with Crippen LogP contribution in [0.15, 0.2) is 6.07 Å². The molecule has 0 amide bonds. The Hall–Kier alpha value is -0.830. The second-order valence-electron chi connectivity index (χ2n) is 5.31. The largest absolute Gasteiger partial charge is 0.316 e. The minimum atomic E-state index is 0.566. The maximum Gasteiger partial charge on any atom is 0.0596 e. The lowest BCUT2D eigenvalue weighted by molar-refractivity contribution is 0.326. The molecule has 0 fully saturated rings. The first kappa shape index (κ1) is 15.2. The standard InChI is InChI=1S/C15H29N3/c1-6-8-9-13(7-2)15(16-4)11-14-10-12(3)17-18(14)5/h10,13,15-16H,6-9,11H2,1-5H3. The van der Waals surface area contributed by atoms with Crippen LogP contribution in [0.3, 0.4) is 0 Å². The molecule has 18 heavy (non-hydrogen) atoms. The van der Waals surface area contributed by atoms with Gasteiger partial charge in [0.1, 0.15) is 0 Å². The van der Waals surface area contributed by atoms with Gasteiger partial charge in [0.2, 0.25) is 0 Å². The van der Waals surface area contributed by atoms with Crippen LogP contribution in [0.25, 0.3) is 0 Å². The summed E-state index contributed by atoms with van der Waals surface area (Å²) in [5.74, 6) is 0.769. The minimum absolute atomic E-state index is 0.566. The molecule has 0 saturated carbocycles. The molecule has 0 aliphatic rings. The highest BCUT2D eigenvalue weighted by molar-refractivity contribution is 5.10. The van der Waals surface area contributed by atoms with Crippen LogP contribution >= 0.6 is 0 Å². The lowest BCUT2D eigenvalue weighted by Crippen LogP contribution is -2.36. The van der Waals surface area contributed by atoms with Gasteiger partial charge in [0, 0.05) is 25.2 Å². The van der Waals surface area contributed by atoms with Crippen molar-refractivity contribution in [2.24, 2.45) is 13.0 Å². The Balaban J connectivity index is 2.67. The molecular weight excluding hydrogens is 222 g/mol. The summed E-state index contributed by atoms with van der Waals surface area (Å²) in [5.41, 5.74) is 2.45. The Bertz CT molecular complexity index is 344. The average Bonchev–Trinajstić information content (AvgIpc) is 2.67. The fraction of sp³-hybridized carbons (Fsp3) is 0.800. The Morgan fingerprint density at radius 2 is 2.11 bits per heavy atom. The molecule has 3 heteroatoms. The SMILES string of the molecule is CCCCC(CC)C(Cc1cc(C)nn1C)NC. The van der Waals surface area contributed by atoms with E-state index in [1.807, 2.05) is 11.7 Å². The van der Waals surface area contributed by atoms with Gasteiger partial charge in [-0.15, -0.1) is 0 Å². The van der Waals surface area contributed by atoms with Crippen LogP contribution in [0.5, 0.6) is 0 Å². The quantitative estimate of drug-likeness (QED) is 0.769. The lowest BCUT2D eigenvalue weighted by atomic mass is 9.88. The predicted molar refractivity (Wildman–Crippen MR) is 77.8 cm³/mol. The smallest absolute Gasteiger partial charge is 0.0596 e. The molecule has 104 valence electrons. The van der Waals surface area contributed by atoms with E-state index < -0.39 is 0 Å². The van der Waals surface area contributed by atoms with Crippen molar-refractivity contribution in [2.45, 2.75) is 58.9 Å². The second kappa shape index (κ2) is 7.57. The van der Waals surface area contributed by atoms with Gasteiger partial charge in [-0.3, -0.25) is 4.68 Å². The number of nitrogens with zero attached hydrogens (tertiary/aromatic N) is 2. The van der Waals surface area contributed by atoms with E-state index in [1.54, 1.807) is 0 Å². The van der Waals surface area contributed by atoms with E-state index >= 15 is 0 Å². The number of hydrogen-bond acceptors (Lipinski definition) is 2. The predicted octanol–water partition coefficient (Wildman–Crippen LogP) is 3.08. The molecule has 0 aliphatic carbocycles. The van der Waals surface area contributed by atoms with Crippen molar-refractivity contribution < 1.29 is 0 Å². The van der Waals surface area contributed by atoms with E-state index in [-0.39, 0.29) is 0 Å². The Kier molecular flexibility index (Phi) is 6.41. The molecule has 3 nitrogen and oxygen atoms in total. The minimum Gasteiger partial charge on any atom is -0.316 e. The average molecular weight is 251 g/mol. The topological polar surface area (TPSA) is 29.9 Å². The molecule has 1 aromatic heterocycles. The van der Waals surface area contributed by atoms with Crippen molar-refractivity contribution in [3.63, 3.8) is 0 Å². The Morgan fingerprint density at radius 3 is 2.56 bits per heavy atom. The summed E-state index contributed by atoms with van der Waals surface area (Å²) in [5, 5.41) is 7.94. The summed E-state index contributed by atoms with van der Waals surface area (Å²) in [6.45, 7) is 6.64. The maximum atomic E-state index is 4.43. The Morgan fingerprint density at radius 1 is 1.39 bits per heavy atom. The lowest BCUT2D eigenvalue weighted by Gasteiger charge is -2.26. The van der Waals surface area contributed by atoms with Crippen LogP contribution < -0.4 is 5.32 Å². The van der Waals surface area contributed by atoms with Crippen LogP contribution in [0, 0.1) is 12.8 Å². The summed E-state index contributed by atoms with van der Waals surface area (Å²) in [7, 11) is 4.13. The van der Waals surface area contributed by atoms with E-state index in [4.69, 9.17) is 0 Å². The second-order valence-corrected chi connectivity index (χ2v) is 5.31. The van der Waals surface area contributed by atoms with Crippen molar-refractivity contribution in [2.75, 3.05) is 7.05 Å². The number of aromatic nitrogens is 2. The maximum absolute atomic E-state index is 4.43. The molecule has 1 heterocycles.